The van der Waals surface area contributed by atoms with Crippen molar-refractivity contribution in [1.82, 2.24) is 4.90 Å². The zero-order chi connectivity index (χ0) is 15.0. The van der Waals surface area contributed by atoms with Crippen molar-refractivity contribution < 1.29 is 14.3 Å². The van der Waals surface area contributed by atoms with E-state index in [4.69, 9.17) is 0 Å². The van der Waals surface area contributed by atoms with Crippen LogP contribution in [0.4, 0.5) is 10.5 Å². The lowest BCUT2D eigenvalue weighted by Crippen LogP contribution is -2.36. The Hall–Kier alpha value is -2.04. The largest absolute Gasteiger partial charge is 0.465 e. The molecule has 0 saturated carbocycles. The summed E-state index contributed by atoms with van der Waals surface area (Å²) < 4.78 is 4.62. The Labute approximate surface area is 119 Å². The molecule has 1 rings (SSSR count). The Morgan fingerprint density at radius 1 is 1.10 bits per heavy atom. The highest BCUT2D eigenvalue weighted by molar-refractivity contribution is 5.92. The highest BCUT2D eigenvalue weighted by Crippen LogP contribution is 2.11. The van der Waals surface area contributed by atoms with Gasteiger partial charge in [-0.2, -0.15) is 0 Å². The summed E-state index contributed by atoms with van der Waals surface area (Å²) in [5, 5.41) is 2.83. The summed E-state index contributed by atoms with van der Waals surface area (Å²) in [5.41, 5.74) is 1.13. The van der Waals surface area contributed by atoms with E-state index in [2.05, 4.69) is 10.1 Å². The van der Waals surface area contributed by atoms with Crippen LogP contribution in [0, 0.1) is 0 Å². The van der Waals surface area contributed by atoms with Gasteiger partial charge in [0.2, 0.25) is 0 Å². The second-order valence-corrected chi connectivity index (χ2v) is 4.49. The molecule has 20 heavy (non-hydrogen) atoms. The molecule has 0 fully saturated rings. The van der Waals surface area contributed by atoms with E-state index in [1.807, 2.05) is 13.8 Å². The third kappa shape index (κ3) is 4.57. The molecule has 2 amide bonds. The molecule has 0 aromatic heterocycles. The topological polar surface area (TPSA) is 58.6 Å². The number of esters is 1. The molecule has 1 aromatic carbocycles. The molecule has 5 heteroatoms. The quantitative estimate of drug-likeness (QED) is 0.813. The van der Waals surface area contributed by atoms with Crippen LogP contribution in [0.2, 0.25) is 0 Å². The molecule has 0 aliphatic rings. The van der Waals surface area contributed by atoms with Crippen molar-refractivity contribution in [2.24, 2.45) is 0 Å². The zero-order valence-electron chi connectivity index (χ0n) is 12.3. The van der Waals surface area contributed by atoms with E-state index >= 15 is 0 Å². The number of carbonyl (C=O) groups excluding carboxylic acids is 2. The molecular formula is C15H22N2O3. The fourth-order valence-electron chi connectivity index (χ4n) is 1.86. The van der Waals surface area contributed by atoms with Gasteiger partial charge in [-0.1, -0.05) is 13.8 Å². The van der Waals surface area contributed by atoms with Crippen LogP contribution in [0.25, 0.3) is 0 Å². The van der Waals surface area contributed by atoms with E-state index in [0.717, 1.165) is 25.9 Å². The summed E-state index contributed by atoms with van der Waals surface area (Å²) >= 11 is 0. The highest BCUT2D eigenvalue weighted by Gasteiger charge is 2.12. The van der Waals surface area contributed by atoms with Gasteiger partial charge in [0.05, 0.1) is 12.7 Å². The molecule has 1 aromatic rings. The van der Waals surface area contributed by atoms with Gasteiger partial charge >= 0.3 is 12.0 Å². The fourth-order valence-corrected chi connectivity index (χ4v) is 1.86. The number of hydrogen-bond acceptors (Lipinski definition) is 3. The molecule has 0 spiro atoms. The Bertz CT molecular complexity index is 437. The summed E-state index contributed by atoms with van der Waals surface area (Å²) in [4.78, 5) is 25.2. The third-order valence-electron chi connectivity index (χ3n) is 2.83. The van der Waals surface area contributed by atoms with Crippen LogP contribution in [-0.2, 0) is 4.74 Å². The summed E-state index contributed by atoms with van der Waals surface area (Å²) in [5.74, 6) is -0.388. The number of urea groups is 1. The van der Waals surface area contributed by atoms with Crippen LogP contribution < -0.4 is 5.32 Å². The first-order chi connectivity index (χ1) is 9.62. The Morgan fingerprint density at radius 3 is 2.10 bits per heavy atom. The lowest BCUT2D eigenvalue weighted by molar-refractivity contribution is 0.0601. The molecule has 5 nitrogen and oxygen atoms in total. The van der Waals surface area contributed by atoms with Crippen molar-refractivity contribution in [3.8, 4) is 0 Å². The van der Waals surface area contributed by atoms with Gasteiger partial charge in [-0.05, 0) is 37.1 Å². The summed E-state index contributed by atoms with van der Waals surface area (Å²) in [6.07, 6.45) is 1.85. The number of amides is 2. The number of ether oxygens (including phenoxy) is 1. The molecule has 0 bridgehead atoms. The minimum absolute atomic E-state index is 0.112. The van der Waals surface area contributed by atoms with E-state index in [9.17, 15) is 9.59 Å². The average Bonchev–Trinajstić information content (AvgIpc) is 2.47. The van der Waals surface area contributed by atoms with Crippen LogP contribution in [0.15, 0.2) is 24.3 Å². The number of anilines is 1. The first-order valence-corrected chi connectivity index (χ1v) is 6.86. The average molecular weight is 278 g/mol. The minimum atomic E-state index is -0.388. The summed E-state index contributed by atoms with van der Waals surface area (Å²) in [6, 6.07) is 6.54. The maximum atomic E-state index is 12.1. The standard InChI is InChI=1S/C15H22N2O3/c1-4-10-17(11-5-2)15(19)16-13-8-6-12(7-9-13)14(18)20-3/h6-9H,4-5,10-11H2,1-3H3,(H,16,19). The molecule has 0 aliphatic heterocycles. The second kappa shape index (κ2) is 8.19. The van der Waals surface area contributed by atoms with Gasteiger partial charge in [0.25, 0.3) is 0 Å². The van der Waals surface area contributed by atoms with Gasteiger partial charge in [-0.3, -0.25) is 0 Å². The maximum absolute atomic E-state index is 12.1. The van der Waals surface area contributed by atoms with Crippen molar-refractivity contribution >= 4 is 17.7 Å². The molecule has 0 aliphatic carbocycles. The van der Waals surface area contributed by atoms with Gasteiger partial charge in [0.15, 0.2) is 0 Å². The second-order valence-electron chi connectivity index (χ2n) is 4.49. The van der Waals surface area contributed by atoms with E-state index in [1.165, 1.54) is 7.11 Å². The zero-order valence-corrected chi connectivity index (χ0v) is 12.3. The number of benzene rings is 1. The van der Waals surface area contributed by atoms with E-state index in [1.54, 1.807) is 29.2 Å². The molecule has 110 valence electrons. The van der Waals surface area contributed by atoms with Crippen molar-refractivity contribution in [3.63, 3.8) is 0 Å². The molecule has 0 unspecified atom stereocenters. The predicted octanol–water partition coefficient (Wildman–Crippen LogP) is 3.13. The fraction of sp³-hybridized carbons (Fsp3) is 0.467. The van der Waals surface area contributed by atoms with Gasteiger partial charge in [-0.25, -0.2) is 9.59 Å². The minimum Gasteiger partial charge on any atom is -0.465 e. The first-order valence-electron chi connectivity index (χ1n) is 6.86. The Kier molecular flexibility index (Phi) is 6.56. The van der Waals surface area contributed by atoms with Crippen LogP contribution >= 0.6 is 0 Å². The van der Waals surface area contributed by atoms with Crippen molar-refractivity contribution in [1.29, 1.82) is 0 Å². The molecule has 0 radical (unpaired) electrons. The number of rotatable bonds is 6. The van der Waals surface area contributed by atoms with E-state index < -0.39 is 0 Å². The highest BCUT2D eigenvalue weighted by atomic mass is 16.5. The summed E-state index contributed by atoms with van der Waals surface area (Å²) in [7, 11) is 1.34. The van der Waals surface area contributed by atoms with Crippen LogP contribution in [-0.4, -0.2) is 37.1 Å². The lowest BCUT2D eigenvalue weighted by Gasteiger charge is -2.21. The van der Waals surface area contributed by atoms with Crippen LogP contribution in [0.3, 0.4) is 0 Å². The van der Waals surface area contributed by atoms with Gasteiger partial charge in [0.1, 0.15) is 0 Å². The molecule has 1 N–H and O–H groups in total. The van der Waals surface area contributed by atoms with E-state index in [0.29, 0.717) is 11.3 Å². The monoisotopic (exact) mass is 278 g/mol. The van der Waals surface area contributed by atoms with Gasteiger partial charge in [-0.15, -0.1) is 0 Å². The maximum Gasteiger partial charge on any atom is 0.337 e. The summed E-state index contributed by atoms with van der Waals surface area (Å²) in [6.45, 7) is 5.56. The Balaban J connectivity index is 2.67. The normalized spacial score (nSPS) is 9.95. The van der Waals surface area contributed by atoms with Crippen molar-refractivity contribution in [3.05, 3.63) is 29.8 Å². The number of carbonyl (C=O) groups is 2. The number of methoxy groups -OCH3 is 1. The van der Waals surface area contributed by atoms with Crippen molar-refractivity contribution in [2.75, 3.05) is 25.5 Å². The van der Waals surface area contributed by atoms with Crippen LogP contribution in [0.5, 0.6) is 0 Å². The molecular weight excluding hydrogens is 256 g/mol. The molecule has 0 atom stereocenters. The first kappa shape index (κ1) is 16.0. The Morgan fingerprint density at radius 2 is 1.65 bits per heavy atom. The smallest absolute Gasteiger partial charge is 0.337 e. The molecule has 0 saturated heterocycles. The van der Waals surface area contributed by atoms with Gasteiger partial charge in [0, 0.05) is 18.8 Å². The van der Waals surface area contributed by atoms with Crippen LogP contribution in [0.1, 0.15) is 37.0 Å². The lowest BCUT2D eigenvalue weighted by atomic mass is 10.2. The third-order valence-corrected chi connectivity index (χ3v) is 2.83. The predicted molar refractivity (Wildman–Crippen MR) is 79.0 cm³/mol. The van der Waals surface area contributed by atoms with Crippen molar-refractivity contribution in [2.45, 2.75) is 26.7 Å². The SMILES string of the molecule is CCCN(CCC)C(=O)Nc1ccc(C(=O)OC)cc1. The van der Waals surface area contributed by atoms with Gasteiger partial charge < -0.3 is 15.0 Å². The number of nitrogens with zero attached hydrogens (tertiary/aromatic N) is 1. The number of nitrogens with one attached hydrogen (secondary N) is 1. The van der Waals surface area contributed by atoms with E-state index in [-0.39, 0.29) is 12.0 Å². The number of hydrogen-bond donors (Lipinski definition) is 1. The molecule has 0 heterocycles.